The second kappa shape index (κ2) is 8.41. The van der Waals surface area contributed by atoms with E-state index in [2.05, 4.69) is 10.2 Å². The lowest BCUT2D eigenvalue weighted by Gasteiger charge is -2.34. The topological polar surface area (TPSA) is 83.5 Å². The quantitative estimate of drug-likeness (QED) is 0.647. The van der Waals surface area contributed by atoms with Crippen LogP contribution in [0.15, 0.2) is 32.9 Å². The Labute approximate surface area is 169 Å². The van der Waals surface area contributed by atoms with Crippen molar-refractivity contribution in [1.82, 2.24) is 19.4 Å². The van der Waals surface area contributed by atoms with Crippen molar-refractivity contribution in [3.63, 3.8) is 0 Å². The lowest BCUT2D eigenvalue weighted by Crippen LogP contribution is -2.51. The van der Waals surface area contributed by atoms with Gasteiger partial charge in [0.1, 0.15) is 10.4 Å². The average Bonchev–Trinajstić information content (AvgIpc) is 3.15. The number of amides is 1. The van der Waals surface area contributed by atoms with E-state index in [9.17, 15) is 13.2 Å². The van der Waals surface area contributed by atoms with Crippen LogP contribution in [0.4, 0.5) is 0 Å². The van der Waals surface area contributed by atoms with Gasteiger partial charge in [-0.25, -0.2) is 8.42 Å². The molecule has 1 aliphatic rings. The molecule has 0 aliphatic carbocycles. The minimum Gasteiger partial charge on any atom is -0.339 e. The van der Waals surface area contributed by atoms with Crippen LogP contribution < -0.4 is 0 Å². The maximum absolute atomic E-state index is 12.8. The van der Waals surface area contributed by atoms with Crippen molar-refractivity contribution < 1.29 is 13.2 Å². The maximum Gasteiger partial charge on any atom is 0.244 e. The van der Waals surface area contributed by atoms with E-state index in [1.165, 1.54) is 45.6 Å². The van der Waals surface area contributed by atoms with Crippen LogP contribution in [-0.2, 0) is 14.8 Å². The van der Waals surface area contributed by atoms with Crippen molar-refractivity contribution in [2.24, 2.45) is 0 Å². The predicted molar refractivity (Wildman–Crippen MR) is 102 cm³/mol. The van der Waals surface area contributed by atoms with Gasteiger partial charge in [-0.3, -0.25) is 4.79 Å². The van der Waals surface area contributed by atoms with Crippen LogP contribution in [0.1, 0.15) is 0 Å². The maximum atomic E-state index is 12.8. The van der Waals surface area contributed by atoms with E-state index in [0.717, 1.165) is 4.34 Å². The third kappa shape index (κ3) is 4.49. The van der Waals surface area contributed by atoms with E-state index in [-0.39, 0.29) is 34.7 Å². The van der Waals surface area contributed by atoms with Crippen LogP contribution in [0.3, 0.4) is 0 Å². The molecule has 1 aliphatic heterocycles. The minimum atomic E-state index is -3.75. The van der Waals surface area contributed by atoms with Crippen LogP contribution in [0.2, 0.25) is 10.0 Å². The molecule has 3 rings (SSSR count). The molecule has 0 saturated carbocycles. The molecular weight excluding hydrogens is 439 g/mol. The molecule has 0 unspecified atom stereocenters. The van der Waals surface area contributed by atoms with Crippen molar-refractivity contribution in [2.45, 2.75) is 9.24 Å². The van der Waals surface area contributed by atoms with E-state index < -0.39 is 10.0 Å². The number of rotatable bonds is 5. The first-order valence-electron chi connectivity index (χ1n) is 7.50. The number of hydrogen-bond donors (Lipinski definition) is 0. The number of aromatic nitrogens is 2. The number of carbonyl (C=O) groups excluding carboxylic acids is 1. The van der Waals surface area contributed by atoms with E-state index in [4.69, 9.17) is 23.2 Å². The molecule has 1 saturated heterocycles. The van der Waals surface area contributed by atoms with Crippen molar-refractivity contribution in [3.8, 4) is 0 Å². The summed E-state index contributed by atoms with van der Waals surface area (Å²) in [4.78, 5) is 13.9. The number of benzene rings is 1. The first-order valence-corrected chi connectivity index (χ1v) is 11.6. The SMILES string of the molecule is O=C(CSc1nncs1)N1CCN(S(=O)(=O)c2cc(Cl)ccc2Cl)CC1. The lowest BCUT2D eigenvalue weighted by atomic mass is 10.3. The summed E-state index contributed by atoms with van der Waals surface area (Å²) in [5.41, 5.74) is 1.61. The van der Waals surface area contributed by atoms with Crippen LogP contribution in [0, 0.1) is 0 Å². The molecule has 1 aromatic heterocycles. The first-order chi connectivity index (χ1) is 12.4. The third-order valence-corrected chi connectivity index (χ3v) is 8.22. The normalized spacial score (nSPS) is 16.0. The Hall–Kier alpha value is -0.910. The fourth-order valence-electron chi connectivity index (χ4n) is 2.43. The molecule has 1 fully saturated rings. The van der Waals surface area contributed by atoms with Gasteiger partial charge in [0.15, 0.2) is 4.34 Å². The van der Waals surface area contributed by atoms with Crippen molar-refractivity contribution in [2.75, 3.05) is 31.9 Å². The third-order valence-electron chi connectivity index (χ3n) is 3.76. The van der Waals surface area contributed by atoms with E-state index in [1.807, 2.05) is 0 Å². The summed E-state index contributed by atoms with van der Waals surface area (Å²) in [7, 11) is -3.75. The molecule has 7 nitrogen and oxygen atoms in total. The Balaban J connectivity index is 1.60. The fraction of sp³-hybridized carbons (Fsp3) is 0.357. The molecule has 0 atom stereocenters. The zero-order chi connectivity index (χ0) is 18.7. The molecule has 0 bridgehead atoms. The first kappa shape index (κ1) is 19.8. The highest BCUT2D eigenvalue weighted by Gasteiger charge is 2.31. The van der Waals surface area contributed by atoms with Gasteiger partial charge in [0.05, 0.1) is 10.8 Å². The van der Waals surface area contributed by atoms with Gasteiger partial charge >= 0.3 is 0 Å². The van der Waals surface area contributed by atoms with Gasteiger partial charge in [-0.05, 0) is 18.2 Å². The summed E-state index contributed by atoms with van der Waals surface area (Å²) in [5.74, 6) is 0.199. The average molecular weight is 453 g/mol. The zero-order valence-corrected chi connectivity index (χ0v) is 17.3. The summed E-state index contributed by atoms with van der Waals surface area (Å²) < 4.78 is 27.6. The van der Waals surface area contributed by atoms with Crippen molar-refractivity contribution >= 4 is 62.2 Å². The molecule has 26 heavy (non-hydrogen) atoms. The molecule has 2 aromatic rings. The standard InChI is InChI=1S/C14H14Cl2N4O3S3/c15-10-1-2-11(16)12(7-10)26(22,23)20-5-3-19(4-6-20)13(21)8-24-14-18-17-9-25-14/h1-2,7,9H,3-6,8H2. The Morgan fingerprint density at radius 3 is 2.62 bits per heavy atom. The zero-order valence-electron chi connectivity index (χ0n) is 13.3. The highest BCUT2D eigenvalue weighted by Crippen LogP contribution is 2.28. The number of nitrogens with zero attached hydrogens (tertiary/aromatic N) is 4. The lowest BCUT2D eigenvalue weighted by molar-refractivity contribution is -0.129. The van der Waals surface area contributed by atoms with E-state index in [0.29, 0.717) is 18.1 Å². The number of piperazine rings is 1. The Kier molecular flexibility index (Phi) is 6.41. The van der Waals surface area contributed by atoms with E-state index >= 15 is 0 Å². The van der Waals surface area contributed by atoms with Crippen LogP contribution in [0.25, 0.3) is 0 Å². The summed E-state index contributed by atoms with van der Waals surface area (Å²) in [6, 6.07) is 4.34. The largest absolute Gasteiger partial charge is 0.339 e. The van der Waals surface area contributed by atoms with Gasteiger partial charge in [0.25, 0.3) is 0 Å². The monoisotopic (exact) mass is 452 g/mol. The van der Waals surface area contributed by atoms with Gasteiger partial charge in [-0.15, -0.1) is 10.2 Å². The highest BCUT2D eigenvalue weighted by atomic mass is 35.5. The van der Waals surface area contributed by atoms with E-state index in [1.54, 1.807) is 10.4 Å². The molecule has 1 amide bonds. The van der Waals surface area contributed by atoms with Gasteiger partial charge in [-0.2, -0.15) is 4.31 Å². The van der Waals surface area contributed by atoms with Crippen molar-refractivity contribution in [1.29, 1.82) is 0 Å². The number of sulfonamides is 1. The molecule has 0 spiro atoms. The molecule has 0 radical (unpaired) electrons. The molecule has 1 aromatic carbocycles. The second-order valence-electron chi connectivity index (χ2n) is 5.35. The van der Waals surface area contributed by atoms with Crippen LogP contribution >= 0.6 is 46.3 Å². The van der Waals surface area contributed by atoms with Gasteiger partial charge in [-0.1, -0.05) is 46.3 Å². The molecular formula is C14H14Cl2N4O3S3. The molecule has 140 valence electrons. The van der Waals surface area contributed by atoms with Crippen molar-refractivity contribution in [3.05, 3.63) is 33.8 Å². The van der Waals surface area contributed by atoms with Crippen LogP contribution in [-0.4, -0.2) is 65.7 Å². The summed E-state index contributed by atoms with van der Waals surface area (Å²) in [6.07, 6.45) is 0. The van der Waals surface area contributed by atoms with Crippen LogP contribution in [0.5, 0.6) is 0 Å². The number of thioether (sulfide) groups is 1. The number of carbonyl (C=O) groups is 1. The Bertz CT molecular complexity index is 885. The molecule has 2 heterocycles. The highest BCUT2D eigenvalue weighted by molar-refractivity contribution is 8.01. The Morgan fingerprint density at radius 2 is 1.96 bits per heavy atom. The smallest absolute Gasteiger partial charge is 0.244 e. The number of hydrogen-bond acceptors (Lipinski definition) is 7. The molecule has 0 N–H and O–H groups in total. The predicted octanol–water partition coefficient (Wildman–Crippen LogP) is 2.47. The second-order valence-corrected chi connectivity index (χ2v) is 10.2. The van der Waals surface area contributed by atoms with Gasteiger partial charge in [0.2, 0.25) is 15.9 Å². The summed E-state index contributed by atoms with van der Waals surface area (Å²) in [5, 5.41) is 8.03. The molecule has 12 heteroatoms. The summed E-state index contributed by atoms with van der Waals surface area (Å²) in [6.45, 7) is 1.07. The number of halogens is 2. The minimum absolute atomic E-state index is 0.0155. The summed E-state index contributed by atoms with van der Waals surface area (Å²) >= 11 is 14.6. The van der Waals surface area contributed by atoms with Gasteiger partial charge < -0.3 is 4.90 Å². The fourth-order valence-corrected chi connectivity index (χ4v) is 5.98. The Morgan fingerprint density at radius 1 is 1.23 bits per heavy atom. The van der Waals surface area contributed by atoms with Gasteiger partial charge in [0, 0.05) is 31.2 Å².